The summed E-state index contributed by atoms with van der Waals surface area (Å²) in [6.07, 6.45) is 4.21. The molecule has 0 unspecified atom stereocenters. The molecule has 0 aliphatic heterocycles. The zero-order chi connectivity index (χ0) is 15.5. The number of rotatable bonds is 5. The highest BCUT2D eigenvalue weighted by molar-refractivity contribution is 7.89. The van der Waals surface area contributed by atoms with Crippen LogP contribution in [-0.2, 0) is 10.0 Å². The Morgan fingerprint density at radius 1 is 1.33 bits per heavy atom. The third-order valence-corrected chi connectivity index (χ3v) is 5.73. The molecule has 1 N–H and O–H groups in total. The summed E-state index contributed by atoms with van der Waals surface area (Å²) in [4.78, 5) is 0.202. The van der Waals surface area contributed by atoms with Gasteiger partial charge in [-0.1, -0.05) is 31.4 Å². The van der Waals surface area contributed by atoms with Gasteiger partial charge in [0.05, 0.1) is 16.5 Å². The van der Waals surface area contributed by atoms with Gasteiger partial charge in [-0.05, 0) is 37.8 Å². The van der Waals surface area contributed by atoms with E-state index in [0.29, 0.717) is 23.3 Å². The van der Waals surface area contributed by atoms with E-state index in [9.17, 15) is 8.42 Å². The smallest absolute Gasteiger partial charge is 0.240 e. The van der Waals surface area contributed by atoms with E-state index >= 15 is 0 Å². The third-order valence-electron chi connectivity index (χ3n) is 3.93. The average molecular weight is 332 g/mol. The first-order valence-corrected chi connectivity index (χ1v) is 9.25. The standard InChI is InChI=1S/C15H22ClNO3S/c1-3-20-15-10-12(8-9-13(15)16)21(18,19)17-14-7-5-4-6-11(14)2/h8-11,14,17H,3-7H2,1-2H3/t11-,14-/m0/s1. The summed E-state index contributed by atoms with van der Waals surface area (Å²) < 4.78 is 33.2. The molecule has 0 saturated heterocycles. The van der Waals surface area contributed by atoms with Gasteiger partial charge in [-0.25, -0.2) is 13.1 Å². The number of halogens is 1. The van der Waals surface area contributed by atoms with E-state index in [1.807, 2.05) is 6.92 Å². The molecule has 118 valence electrons. The van der Waals surface area contributed by atoms with Crippen molar-refractivity contribution in [1.29, 1.82) is 0 Å². The fourth-order valence-corrected chi connectivity index (χ4v) is 4.24. The molecule has 0 spiro atoms. The van der Waals surface area contributed by atoms with Crippen LogP contribution in [0.4, 0.5) is 0 Å². The first-order valence-electron chi connectivity index (χ1n) is 7.38. The van der Waals surface area contributed by atoms with Crippen LogP contribution < -0.4 is 9.46 Å². The monoisotopic (exact) mass is 331 g/mol. The van der Waals surface area contributed by atoms with Gasteiger partial charge >= 0.3 is 0 Å². The lowest BCUT2D eigenvalue weighted by molar-refractivity contribution is 0.310. The molecule has 1 aromatic rings. The van der Waals surface area contributed by atoms with Gasteiger partial charge in [0.15, 0.2) is 0 Å². The van der Waals surface area contributed by atoms with Gasteiger partial charge in [-0.15, -0.1) is 0 Å². The summed E-state index contributed by atoms with van der Waals surface area (Å²) in [6.45, 7) is 4.37. The lowest BCUT2D eigenvalue weighted by Crippen LogP contribution is -2.40. The van der Waals surface area contributed by atoms with Crippen molar-refractivity contribution >= 4 is 21.6 Å². The molecule has 1 aromatic carbocycles. The summed E-state index contributed by atoms with van der Waals surface area (Å²) in [5.74, 6) is 0.769. The second-order valence-corrected chi connectivity index (χ2v) is 7.64. The van der Waals surface area contributed by atoms with E-state index < -0.39 is 10.0 Å². The van der Waals surface area contributed by atoms with Crippen LogP contribution in [0.3, 0.4) is 0 Å². The van der Waals surface area contributed by atoms with Crippen molar-refractivity contribution in [2.75, 3.05) is 6.61 Å². The van der Waals surface area contributed by atoms with Gasteiger partial charge in [0.25, 0.3) is 0 Å². The lowest BCUT2D eigenvalue weighted by atomic mass is 9.87. The van der Waals surface area contributed by atoms with Gasteiger partial charge in [0.1, 0.15) is 5.75 Å². The van der Waals surface area contributed by atoms with E-state index in [1.54, 1.807) is 6.07 Å². The van der Waals surface area contributed by atoms with Crippen LogP contribution >= 0.6 is 11.6 Å². The summed E-state index contributed by atoms with van der Waals surface area (Å²) in [5, 5.41) is 0.418. The summed E-state index contributed by atoms with van der Waals surface area (Å²) in [5.41, 5.74) is 0. The maximum atomic E-state index is 12.5. The van der Waals surface area contributed by atoms with E-state index in [1.165, 1.54) is 18.6 Å². The van der Waals surface area contributed by atoms with Crippen LogP contribution in [-0.4, -0.2) is 21.1 Å². The van der Waals surface area contributed by atoms with Crippen molar-refractivity contribution in [3.63, 3.8) is 0 Å². The Balaban J connectivity index is 2.20. The highest BCUT2D eigenvalue weighted by Crippen LogP contribution is 2.29. The Hall–Kier alpha value is -0.780. The Kier molecular flexibility index (Phi) is 5.52. The minimum absolute atomic E-state index is 0.00923. The molecule has 0 aromatic heterocycles. The average Bonchev–Trinajstić information content (AvgIpc) is 2.44. The molecule has 2 rings (SSSR count). The Bertz CT molecular complexity index is 589. The zero-order valence-corrected chi connectivity index (χ0v) is 14.0. The number of benzene rings is 1. The lowest BCUT2D eigenvalue weighted by Gasteiger charge is -2.29. The molecule has 2 atom stereocenters. The third kappa shape index (κ3) is 4.11. The van der Waals surface area contributed by atoms with Gasteiger partial charge in [-0.2, -0.15) is 0 Å². The minimum Gasteiger partial charge on any atom is -0.492 e. The van der Waals surface area contributed by atoms with Crippen molar-refractivity contribution in [2.45, 2.75) is 50.5 Å². The number of ether oxygens (including phenoxy) is 1. The first-order chi connectivity index (χ1) is 9.94. The van der Waals surface area contributed by atoms with Gasteiger partial charge in [-0.3, -0.25) is 0 Å². The molecular formula is C15H22ClNO3S. The summed E-state index contributed by atoms with van der Waals surface area (Å²) in [7, 11) is -3.54. The van der Waals surface area contributed by atoms with E-state index in [4.69, 9.17) is 16.3 Å². The van der Waals surface area contributed by atoms with Gasteiger partial charge in [0, 0.05) is 12.1 Å². The number of hydrogen-bond donors (Lipinski definition) is 1. The van der Waals surface area contributed by atoms with E-state index in [0.717, 1.165) is 19.3 Å². The number of sulfonamides is 1. The molecule has 21 heavy (non-hydrogen) atoms. The second-order valence-electron chi connectivity index (χ2n) is 5.51. The molecule has 0 amide bonds. The SMILES string of the molecule is CCOc1cc(S(=O)(=O)N[C@H]2CCCC[C@@H]2C)ccc1Cl. The van der Waals surface area contributed by atoms with Crippen LogP contribution in [0.15, 0.2) is 23.1 Å². The summed E-state index contributed by atoms with van der Waals surface area (Å²) in [6, 6.07) is 4.57. The molecule has 0 bridgehead atoms. The first kappa shape index (κ1) is 16.6. The van der Waals surface area contributed by atoms with Crippen LogP contribution in [0.25, 0.3) is 0 Å². The van der Waals surface area contributed by atoms with Gasteiger partial charge in [0.2, 0.25) is 10.0 Å². The highest BCUT2D eigenvalue weighted by Gasteiger charge is 2.27. The normalized spacial score (nSPS) is 23.0. The van der Waals surface area contributed by atoms with E-state index in [2.05, 4.69) is 11.6 Å². The molecule has 1 saturated carbocycles. The van der Waals surface area contributed by atoms with Crippen molar-refractivity contribution in [1.82, 2.24) is 4.72 Å². The van der Waals surface area contributed by atoms with Crippen molar-refractivity contribution in [3.8, 4) is 5.75 Å². The van der Waals surface area contributed by atoms with Crippen LogP contribution in [0.5, 0.6) is 5.75 Å². The van der Waals surface area contributed by atoms with Crippen molar-refractivity contribution in [2.24, 2.45) is 5.92 Å². The predicted molar refractivity (Wildman–Crippen MR) is 84.4 cm³/mol. The van der Waals surface area contributed by atoms with Crippen molar-refractivity contribution < 1.29 is 13.2 Å². The van der Waals surface area contributed by atoms with Crippen molar-refractivity contribution in [3.05, 3.63) is 23.2 Å². The minimum atomic E-state index is -3.54. The number of nitrogens with one attached hydrogen (secondary N) is 1. The zero-order valence-electron chi connectivity index (χ0n) is 12.4. The molecule has 1 fully saturated rings. The maximum absolute atomic E-state index is 12.5. The second kappa shape index (κ2) is 6.99. The predicted octanol–water partition coefficient (Wildman–Crippen LogP) is 3.60. The molecule has 1 aliphatic rings. The summed E-state index contributed by atoms with van der Waals surface area (Å²) >= 11 is 6.00. The molecule has 6 heteroatoms. The van der Waals surface area contributed by atoms with Crippen LogP contribution in [0.1, 0.15) is 39.5 Å². The highest BCUT2D eigenvalue weighted by atomic mass is 35.5. The Morgan fingerprint density at radius 2 is 2.05 bits per heavy atom. The number of hydrogen-bond acceptors (Lipinski definition) is 3. The fourth-order valence-electron chi connectivity index (χ4n) is 2.68. The molecule has 1 aliphatic carbocycles. The Labute approximate surface area is 131 Å². The maximum Gasteiger partial charge on any atom is 0.240 e. The Morgan fingerprint density at radius 3 is 2.71 bits per heavy atom. The van der Waals surface area contributed by atoms with Crippen LogP contribution in [0, 0.1) is 5.92 Å². The topological polar surface area (TPSA) is 55.4 Å². The molecule has 0 radical (unpaired) electrons. The van der Waals surface area contributed by atoms with Crippen LogP contribution in [0.2, 0.25) is 5.02 Å². The van der Waals surface area contributed by atoms with Gasteiger partial charge < -0.3 is 4.74 Å². The molecule has 0 heterocycles. The fraction of sp³-hybridized carbons (Fsp3) is 0.600. The quantitative estimate of drug-likeness (QED) is 0.897. The molecular weight excluding hydrogens is 310 g/mol. The largest absolute Gasteiger partial charge is 0.492 e. The van der Waals surface area contributed by atoms with E-state index in [-0.39, 0.29) is 10.9 Å². The molecule has 4 nitrogen and oxygen atoms in total.